The van der Waals surface area contributed by atoms with E-state index in [4.69, 9.17) is 28.4 Å². The number of ether oxygens (including phenoxy) is 6. The van der Waals surface area contributed by atoms with Gasteiger partial charge in [0.25, 0.3) is 0 Å². The van der Waals surface area contributed by atoms with E-state index >= 15 is 0 Å². The summed E-state index contributed by atoms with van der Waals surface area (Å²) in [5.41, 5.74) is -1.77. The van der Waals surface area contributed by atoms with Crippen LogP contribution in [0, 0.1) is 0 Å². The summed E-state index contributed by atoms with van der Waals surface area (Å²) in [5, 5.41) is 10.00. The van der Waals surface area contributed by atoms with Crippen LogP contribution in [0.5, 0.6) is 0 Å². The molecule has 0 radical (unpaired) electrons. The fourth-order valence-electron chi connectivity index (χ4n) is 3.51. The van der Waals surface area contributed by atoms with Crippen molar-refractivity contribution in [3.63, 3.8) is 0 Å². The van der Waals surface area contributed by atoms with E-state index in [-0.39, 0.29) is 5.56 Å². The average molecular weight is 496 g/mol. The van der Waals surface area contributed by atoms with Crippen molar-refractivity contribution in [2.45, 2.75) is 70.9 Å². The van der Waals surface area contributed by atoms with Gasteiger partial charge in [-0.05, 0) is 12.5 Å². The molecular weight excluding hydrogens is 468 g/mol. The molecule has 35 heavy (non-hydrogen) atoms. The van der Waals surface area contributed by atoms with Gasteiger partial charge in [-0.3, -0.25) is 19.2 Å². The molecular formula is C23H28O12. The minimum Gasteiger partial charge on any atom is -0.479 e. The first-order chi connectivity index (χ1) is 16.3. The van der Waals surface area contributed by atoms with Gasteiger partial charge >= 0.3 is 29.8 Å². The molecule has 2 unspecified atom stereocenters. The number of hydrogen-bond acceptors (Lipinski definition) is 11. The summed E-state index contributed by atoms with van der Waals surface area (Å²) in [4.78, 5) is 59.3. The number of esters is 4. The van der Waals surface area contributed by atoms with Crippen molar-refractivity contribution in [1.82, 2.24) is 0 Å². The van der Waals surface area contributed by atoms with Gasteiger partial charge in [0, 0.05) is 27.7 Å². The molecule has 0 spiro atoms. The van der Waals surface area contributed by atoms with Crippen LogP contribution < -0.4 is 0 Å². The molecule has 12 nitrogen and oxygen atoms in total. The van der Waals surface area contributed by atoms with Crippen LogP contribution in [0.1, 0.15) is 40.2 Å². The van der Waals surface area contributed by atoms with Crippen LogP contribution in [0.15, 0.2) is 30.3 Å². The summed E-state index contributed by atoms with van der Waals surface area (Å²) >= 11 is 0. The Bertz CT molecular complexity index is 945. The molecule has 6 atom stereocenters. The third-order valence-corrected chi connectivity index (χ3v) is 5.03. The Morgan fingerprint density at radius 3 is 1.83 bits per heavy atom. The number of rotatable bonds is 9. The van der Waals surface area contributed by atoms with E-state index in [0.717, 1.165) is 27.7 Å². The summed E-state index contributed by atoms with van der Waals surface area (Å²) in [7, 11) is 0. The SMILES string of the molecule is CC(=O)OC[C@H]1OC(OC(C)(C(=O)O)c2ccccc2)[C@@H](OC(C)=O)[C@@H](OC(C)=O)[C@@H]1OC(C)=O. The lowest BCUT2D eigenvalue weighted by molar-refractivity contribution is -0.328. The third-order valence-electron chi connectivity index (χ3n) is 5.03. The van der Waals surface area contributed by atoms with E-state index in [0.29, 0.717) is 0 Å². The van der Waals surface area contributed by atoms with Gasteiger partial charge in [0.15, 0.2) is 23.9 Å². The molecule has 1 aromatic rings. The number of benzene rings is 1. The first-order valence-corrected chi connectivity index (χ1v) is 10.6. The third kappa shape index (κ3) is 7.23. The van der Waals surface area contributed by atoms with Gasteiger partial charge < -0.3 is 33.5 Å². The monoisotopic (exact) mass is 496 g/mol. The Morgan fingerprint density at radius 2 is 1.34 bits per heavy atom. The van der Waals surface area contributed by atoms with E-state index < -0.39 is 72.8 Å². The van der Waals surface area contributed by atoms with Crippen LogP contribution in [-0.4, -0.2) is 72.3 Å². The highest BCUT2D eigenvalue weighted by Gasteiger charge is 2.55. The van der Waals surface area contributed by atoms with Crippen LogP contribution in [0.25, 0.3) is 0 Å². The van der Waals surface area contributed by atoms with Crippen molar-refractivity contribution in [2.75, 3.05) is 6.61 Å². The molecule has 1 fully saturated rings. The molecule has 2 rings (SSSR count). The lowest BCUT2D eigenvalue weighted by Crippen LogP contribution is -2.64. The zero-order chi connectivity index (χ0) is 26.3. The summed E-state index contributed by atoms with van der Waals surface area (Å²) < 4.78 is 32.6. The summed E-state index contributed by atoms with van der Waals surface area (Å²) in [5.74, 6) is -4.51. The normalized spacial score (nSPS) is 25.5. The van der Waals surface area contributed by atoms with Crippen LogP contribution in [0.2, 0.25) is 0 Å². The molecule has 1 saturated heterocycles. The average Bonchev–Trinajstić information content (AvgIpc) is 2.76. The maximum atomic E-state index is 12.3. The van der Waals surface area contributed by atoms with Gasteiger partial charge in [-0.15, -0.1) is 0 Å². The largest absolute Gasteiger partial charge is 0.479 e. The van der Waals surface area contributed by atoms with Crippen LogP contribution in [0.4, 0.5) is 0 Å². The van der Waals surface area contributed by atoms with Gasteiger partial charge in [-0.2, -0.15) is 0 Å². The van der Waals surface area contributed by atoms with E-state index in [1.165, 1.54) is 19.1 Å². The Labute approximate surface area is 201 Å². The molecule has 1 aromatic carbocycles. The quantitative estimate of drug-likeness (QED) is 0.383. The lowest BCUT2D eigenvalue weighted by Gasteiger charge is -2.45. The molecule has 1 aliphatic heterocycles. The number of carbonyl (C=O) groups excluding carboxylic acids is 4. The van der Waals surface area contributed by atoms with Crippen LogP contribution >= 0.6 is 0 Å². The van der Waals surface area contributed by atoms with Crippen molar-refractivity contribution in [2.24, 2.45) is 0 Å². The highest BCUT2D eigenvalue weighted by atomic mass is 16.7. The molecule has 0 saturated carbocycles. The van der Waals surface area contributed by atoms with Crippen molar-refractivity contribution in [3.05, 3.63) is 35.9 Å². The number of carboxylic acid groups (broad SMARTS) is 1. The molecule has 192 valence electrons. The smallest absolute Gasteiger partial charge is 0.340 e. The molecule has 1 heterocycles. The van der Waals surface area contributed by atoms with Crippen molar-refractivity contribution >= 4 is 29.8 Å². The fourth-order valence-corrected chi connectivity index (χ4v) is 3.51. The van der Waals surface area contributed by atoms with Gasteiger partial charge in [0.05, 0.1) is 0 Å². The van der Waals surface area contributed by atoms with Gasteiger partial charge in [0.2, 0.25) is 6.29 Å². The number of carboxylic acids is 1. The van der Waals surface area contributed by atoms with Gasteiger partial charge in [-0.25, -0.2) is 4.79 Å². The summed E-state index contributed by atoms with van der Waals surface area (Å²) in [6.07, 6.45) is -7.31. The minimum absolute atomic E-state index is 0.236. The zero-order valence-corrected chi connectivity index (χ0v) is 19.9. The van der Waals surface area contributed by atoms with Crippen molar-refractivity contribution < 1.29 is 57.5 Å². The van der Waals surface area contributed by atoms with Crippen molar-refractivity contribution in [1.29, 1.82) is 0 Å². The first kappa shape index (κ1) is 27.7. The predicted octanol–water partition coefficient (Wildman–Crippen LogP) is 1.09. The summed E-state index contributed by atoms with van der Waals surface area (Å²) in [6.45, 7) is 5.17. The van der Waals surface area contributed by atoms with E-state index in [1.54, 1.807) is 18.2 Å². The second-order valence-corrected chi connectivity index (χ2v) is 7.89. The highest BCUT2D eigenvalue weighted by molar-refractivity contribution is 5.79. The highest BCUT2D eigenvalue weighted by Crippen LogP contribution is 2.35. The maximum Gasteiger partial charge on any atom is 0.340 e. The first-order valence-electron chi connectivity index (χ1n) is 10.6. The Morgan fingerprint density at radius 1 is 0.829 bits per heavy atom. The van der Waals surface area contributed by atoms with Crippen molar-refractivity contribution in [3.8, 4) is 0 Å². The van der Waals surface area contributed by atoms with Crippen LogP contribution in [-0.2, 0) is 58.0 Å². The number of carbonyl (C=O) groups is 5. The topological polar surface area (TPSA) is 161 Å². The molecule has 0 aromatic heterocycles. The molecule has 12 heteroatoms. The second kappa shape index (κ2) is 11.8. The van der Waals surface area contributed by atoms with Crippen LogP contribution in [0.3, 0.4) is 0 Å². The second-order valence-electron chi connectivity index (χ2n) is 7.89. The fraction of sp³-hybridized carbons (Fsp3) is 0.522. The molecule has 0 aliphatic carbocycles. The molecule has 1 aliphatic rings. The Hall–Kier alpha value is -3.51. The zero-order valence-electron chi connectivity index (χ0n) is 19.9. The molecule has 0 amide bonds. The minimum atomic E-state index is -2.01. The standard InChI is InChI=1S/C23H28O12/c1-12(24)30-11-17-18(31-13(2)25)19(32-14(3)26)20(33-15(4)27)21(34-17)35-23(5,22(28)29)16-9-7-6-8-10-16/h6-10,17-21H,11H2,1-5H3,(H,28,29)/t17-,18-,19+,20+,21?,23?/m1/s1. The molecule has 1 N–H and O–H groups in total. The summed E-state index contributed by atoms with van der Waals surface area (Å²) in [6, 6.07) is 7.92. The lowest BCUT2D eigenvalue weighted by atomic mass is 9.94. The Kier molecular flexibility index (Phi) is 9.32. The number of hydrogen-bond donors (Lipinski definition) is 1. The van der Waals surface area contributed by atoms with E-state index in [1.807, 2.05) is 0 Å². The maximum absolute atomic E-state index is 12.3. The van der Waals surface area contributed by atoms with Gasteiger partial charge in [-0.1, -0.05) is 30.3 Å². The van der Waals surface area contributed by atoms with E-state index in [2.05, 4.69) is 0 Å². The molecule has 0 bridgehead atoms. The predicted molar refractivity (Wildman–Crippen MR) is 114 cm³/mol. The van der Waals surface area contributed by atoms with Gasteiger partial charge in [0.1, 0.15) is 12.7 Å². The number of aliphatic carboxylic acids is 1. The Balaban J connectivity index is 2.57. The van der Waals surface area contributed by atoms with E-state index in [9.17, 15) is 29.1 Å².